The summed E-state index contributed by atoms with van der Waals surface area (Å²) in [5, 5.41) is 3.48. The lowest BCUT2D eigenvalue weighted by molar-refractivity contribution is 0.613. The van der Waals surface area contributed by atoms with Crippen LogP contribution in [-0.4, -0.2) is 12.6 Å². The molecule has 0 aromatic rings. The zero-order valence-electron chi connectivity index (χ0n) is 7.47. The highest BCUT2D eigenvalue weighted by molar-refractivity contribution is 4.88. The molecule has 1 aliphatic heterocycles. The normalized spacial score (nSPS) is 25.0. The molecule has 1 heterocycles. The van der Waals surface area contributed by atoms with Gasteiger partial charge in [0.1, 0.15) is 0 Å². The summed E-state index contributed by atoms with van der Waals surface area (Å²) in [6, 6.07) is 0.781. The van der Waals surface area contributed by atoms with Gasteiger partial charge in [-0.1, -0.05) is 25.5 Å². The highest BCUT2D eigenvalue weighted by Gasteiger charge is 2.10. The predicted octanol–water partition coefficient (Wildman–Crippen LogP) is 2.48. The van der Waals surface area contributed by atoms with Crippen molar-refractivity contribution in [2.45, 2.75) is 45.1 Å². The van der Waals surface area contributed by atoms with E-state index in [-0.39, 0.29) is 0 Å². The van der Waals surface area contributed by atoms with Crippen LogP contribution in [0.3, 0.4) is 0 Å². The van der Waals surface area contributed by atoms with Crippen molar-refractivity contribution in [3.8, 4) is 0 Å². The molecule has 1 unspecified atom stereocenters. The number of rotatable bonds is 4. The molecule has 1 fully saturated rings. The molecule has 0 aromatic heterocycles. The molecule has 0 spiro atoms. The van der Waals surface area contributed by atoms with E-state index in [0.717, 1.165) is 6.04 Å². The lowest BCUT2D eigenvalue weighted by Crippen LogP contribution is -2.19. The molecule has 64 valence electrons. The number of hydrogen-bond donors (Lipinski definition) is 1. The van der Waals surface area contributed by atoms with Gasteiger partial charge in [0, 0.05) is 6.04 Å². The van der Waals surface area contributed by atoms with E-state index >= 15 is 0 Å². The molecule has 0 aromatic carbocycles. The van der Waals surface area contributed by atoms with Crippen molar-refractivity contribution in [2.75, 3.05) is 6.54 Å². The lowest BCUT2D eigenvalue weighted by atomic mass is 10.1. The van der Waals surface area contributed by atoms with Gasteiger partial charge in [0.05, 0.1) is 0 Å². The number of nitrogens with one attached hydrogen (secondary N) is 1. The maximum atomic E-state index is 3.48. The van der Waals surface area contributed by atoms with Crippen molar-refractivity contribution < 1.29 is 0 Å². The molecule has 0 bridgehead atoms. The van der Waals surface area contributed by atoms with Crippen molar-refractivity contribution in [3.63, 3.8) is 0 Å². The Kier molecular flexibility index (Phi) is 4.29. The third-order valence-corrected chi connectivity index (χ3v) is 2.20. The summed E-state index contributed by atoms with van der Waals surface area (Å²) in [6.45, 7) is 3.45. The third-order valence-electron chi connectivity index (χ3n) is 2.20. The molecule has 11 heavy (non-hydrogen) atoms. The lowest BCUT2D eigenvalue weighted by Gasteiger charge is -2.04. The Morgan fingerprint density at radius 3 is 3.00 bits per heavy atom. The summed E-state index contributed by atoms with van der Waals surface area (Å²) < 4.78 is 0. The van der Waals surface area contributed by atoms with Crippen LogP contribution in [0.15, 0.2) is 12.2 Å². The number of hydrogen-bond acceptors (Lipinski definition) is 1. The van der Waals surface area contributed by atoms with Crippen LogP contribution in [0, 0.1) is 0 Å². The van der Waals surface area contributed by atoms with Crippen LogP contribution in [0.2, 0.25) is 0 Å². The van der Waals surface area contributed by atoms with Crippen molar-refractivity contribution in [1.29, 1.82) is 0 Å². The van der Waals surface area contributed by atoms with Crippen molar-refractivity contribution in [2.24, 2.45) is 0 Å². The van der Waals surface area contributed by atoms with Crippen LogP contribution in [0.5, 0.6) is 0 Å². The maximum Gasteiger partial charge on any atom is 0.0102 e. The first-order valence-corrected chi connectivity index (χ1v) is 4.82. The average molecular weight is 153 g/mol. The van der Waals surface area contributed by atoms with Crippen molar-refractivity contribution in [3.05, 3.63) is 12.2 Å². The van der Waals surface area contributed by atoms with Crippen LogP contribution in [0.1, 0.15) is 39.0 Å². The minimum Gasteiger partial charge on any atom is -0.314 e. The summed E-state index contributed by atoms with van der Waals surface area (Å²) in [5.74, 6) is 0. The second-order valence-corrected chi connectivity index (χ2v) is 3.29. The van der Waals surface area contributed by atoms with Crippen LogP contribution >= 0.6 is 0 Å². The zero-order valence-corrected chi connectivity index (χ0v) is 7.47. The maximum absolute atomic E-state index is 3.48. The smallest absolute Gasteiger partial charge is 0.0102 e. The fourth-order valence-corrected chi connectivity index (χ4v) is 1.50. The van der Waals surface area contributed by atoms with Gasteiger partial charge < -0.3 is 5.32 Å². The molecular formula is C10H19N. The Morgan fingerprint density at radius 1 is 1.45 bits per heavy atom. The van der Waals surface area contributed by atoms with E-state index in [1.54, 1.807) is 0 Å². The standard InChI is InChI=1S/C10H19N/c1-2-3-4-5-7-10-8-6-9-11-10/h4-5,10-11H,2-3,6-9H2,1H3/b5-4+. The molecule has 1 saturated heterocycles. The second kappa shape index (κ2) is 5.36. The summed E-state index contributed by atoms with van der Waals surface area (Å²) in [5.41, 5.74) is 0. The molecule has 1 aliphatic rings. The van der Waals surface area contributed by atoms with Crippen molar-refractivity contribution in [1.82, 2.24) is 5.32 Å². The molecular weight excluding hydrogens is 134 g/mol. The molecule has 1 rings (SSSR count). The van der Waals surface area contributed by atoms with E-state index in [1.807, 2.05) is 0 Å². The minimum atomic E-state index is 0.781. The quantitative estimate of drug-likeness (QED) is 0.612. The van der Waals surface area contributed by atoms with E-state index in [0.29, 0.717) is 0 Å². The molecule has 0 radical (unpaired) electrons. The van der Waals surface area contributed by atoms with Gasteiger partial charge in [-0.2, -0.15) is 0 Å². The Balaban J connectivity index is 2.01. The van der Waals surface area contributed by atoms with Gasteiger partial charge in [-0.05, 0) is 32.2 Å². The zero-order chi connectivity index (χ0) is 7.94. The fourth-order valence-electron chi connectivity index (χ4n) is 1.50. The van der Waals surface area contributed by atoms with Crippen LogP contribution in [0.25, 0.3) is 0 Å². The molecule has 1 atom stereocenters. The highest BCUT2D eigenvalue weighted by Crippen LogP contribution is 2.09. The van der Waals surface area contributed by atoms with Crippen LogP contribution in [-0.2, 0) is 0 Å². The molecule has 1 heteroatoms. The Hall–Kier alpha value is -0.300. The predicted molar refractivity (Wildman–Crippen MR) is 49.7 cm³/mol. The van der Waals surface area contributed by atoms with Gasteiger partial charge in [0.15, 0.2) is 0 Å². The first kappa shape index (κ1) is 8.79. The summed E-state index contributed by atoms with van der Waals surface area (Å²) in [4.78, 5) is 0. The molecule has 1 N–H and O–H groups in total. The number of allylic oxidation sites excluding steroid dienone is 1. The fraction of sp³-hybridized carbons (Fsp3) is 0.800. The minimum absolute atomic E-state index is 0.781. The Labute approximate surface area is 69.9 Å². The summed E-state index contributed by atoms with van der Waals surface area (Å²) >= 11 is 0. The average Bonchev–Trinajstić information content (AvgIpc) is 2.50. The van der Waals surface area contributed by atoms with Gasteiger partial charge in [-0.3, -0.25) is 0 Å². The Bertz CT molecular complexity index is 112. The molecule has 0 aliphatic carbocycles. The van der Waals surface area contributed by atoms with Gasteiger partial charge in [-0.15, -0.1) is 0 Å². The second-order valence-electron chi connectivity index (χ2n) is 3.29. The van der Waals surface area contributed by atoms with E-state index in [4.69, 9.17) is 0 Å². The van der Waals surface area contributed by atoms with E-state index < -0.39 is 0 Å². The van der Waals surface area contributed by atoms with Gasteiger partial charge in [0.25, 0.3) is 0 Å². The first-order chi connectivity index (χ1) is 5.43. The summed E-state index contributed by atoms with van der Waals surface area (Å²) in [7, 11) is 0. The van der Waals surface area contributed by atoms with Crippen LogP contribution < -0.4 is 5.32 Å². The van der Waals surface area contributed by atoms with Gasteiger partial charge in [0.2, 0.25) is 0 Å². The molecule has 1 nitrogen and oxygen atoms in total. The third kappa shape index (κ3) is 3.57. The topological polar surface area (TPSA) is 12.0 Å². The Morgan fingerprint density at radius 2 is 2.36 bits per heavy atom. The number of unbranched alkanes of at least 4 members (excludes halogenated alkanes) is 1. The highest BCUT2D eigenvalue weighted by atomic mass is 14.9. The molecule has 0 amide bonds. The van der Waals surface area contributed by atoms with E-state index in [1.165, 1.54) is 38.6 Å². The van der Waals surface area contributed by atoms with Gasteiger partial charge in [-0.25, -0.2) is 0 Å². The first-order valence-electron chi connectivity index (χ1n) is 4.82. The SMILES string of the molecule is CCC/C=C/CC1CCCN1. The summed E-state index contributed by atoms with van der Waals surface area (Å²) in [6.07, 6.45) is 11.1. The van der Waals surface area contributed by atoms with E-state index in [9.17, 15) is 0 Å². The van der Waals surface area contributed by atoms with Crippen molar-refractivity contribution >= 4 is 0 Å². The van der Waals surface area contributed by atoms with Gasteiger partial charge >= 0.3 is 0 Å². The van der Waals surface area contributed by atoms with Crippen LogP contribution in [0.4, 0.5) is 0 Å². The van der Waals surface area contributed by atoms with E-state index in [2.05, 4.69) is 24.4 Å². The largest absolute Gasteiger partial charge is 0.314 e. The monoisotopic (exact) mass is 153 g/mol. The molecule has 0 saturated carbocycles.